The van der Waals surface area contributed by atoms with E-state index in [9.17, 15) is 0 Å². The van der Waals surface area contributed by atoms with Crippen LogP contribution in [-0.2, 0) is 6.54 Å². The highest BCUT2D eigenvalue weighted by molar-refractivity contribution is 6.32. The third-order valence-corrected chi connectivity index (χ3v) is 3.81. The Morgan fingerprint density at radius 2 is 2.00 bits per heavy atom. The van der Waals surface area contributed by atoms with Crippen LogP contribution in [0.3, 0.4) is 0 Å². The number of ether oxygens (including phenoxy) is 1. The van der Waals surface area contributed by atoms with Gasteiger partial charge in [0.2, 0.25) is 0 Å². The highest BCUT2D eigenvalue weighted by Gasteiger charge is 2.05. The van der Waals surface area contributed by atoms with Crippen LogP contribution in [0.5, 0.6) is 5.75 Å². The molecule has 0 fully saturated rings. The molecule has 2 rings (SSSR count). The molecule has 2 aromatic rings. The van der Waals surface area contributed by atoms with Crippen molar-refractivity contribution in [1.29, 1.82) is 0 Å². The number of anilines is 1. The first-order valence-electron chi connectivity index (χ1n) is 6.63. The molecule has 0 atom stereocenters. The van der Waals surface area contributed by atoms with Gasteiger partial charge < -0.3 is 10.1 Å². The van der Waals surface area contributed by atoms with Gasteiger partial charge in [0.05, 0.1) is 5.02 Å². The fourth-order valence-electron chi connectivity index (χ4n) is 1.92. The lowest BCUT2D eigenvalue weighted by molar-refractivity contribution is 0.363. The Balaban J connectivity index is 2.05. The monoisotopic (exact) mass is 321 g/mol. The van der Waals surface area contributed by atoms with E-state index >= 15 is 0 Å². The highest BCUT2D eigenvalue weighted by atomic mass is 35.5. The molecule has 0 aliphatic carbocycles. The van der Waals surface area contributed by atoms with Gasteiger partial charge in [-0.15, -0.1) is 0 Å². The van der Waals surface area contributed by atoms with Crippen molar-refractivity contribution in [2.75, 3.05) is 11.9 Å². The van der Waals surface area contributed by atoms with Gasteiger partial charge >= 0.3 is 0 Å². The molecule has 1 N–H and O–H groups in total. The molecule has 0 unspecified atom stereocenters. The van der Waals surface area contributed by atoms with Crippen molar-refractivity contribution >= 4 is 28.9 Å². The molecule has 0 aliphatic heterocycles. The van der Waals surface area contributed by atoms with Crippen LogP contribution in [-0.4, -0.2) is 6.61 Å². The van der Waals surface area contributed by atoms with Crippen LogP contribution in [0.25, 0.3) is 0 Å². The largest absolute Gasteiger partial charge is 0.488 e. The van der Waals surface area contributed by atoms with Gasteiger partial charge in [0.1, 0.15) is 12.4 Å². The van der Waals surface area contributed by atoms with Crippen LogP contribution < -0.4 is 10.1 Å². The second-order valence-electron chi connectivity index (χ2n) is 4.63. The van der Waals surface area contributed by atoms with E-state index in [1.165, 1.54) is 0 Å². The molecule has 0 aromatic heterocycles. The van der Waals surface area contributed by atoms with Crippen molar-refractivity contribution in [3.8, 4) is 5.75 Å². The summed E-state index contributed by atoms with van der Waals surface area (Å²) in [7, 11) is 0. The van der Waals surface area contributed by atoms with E-state index in [1.54, 1.807) is 6.08 Å². The van der Waals surface area contributed by atoms with Gasteiger partial charge in [0.15, 0.2) is 0 Å². The standard InChI is InChI=1S/C17H17Cl2NO/c1-3-9-21-17-8-7-13(10-15(17)19)11-20-16-6-4-5-14(18)12(16)2/h3-8,10,20H,1,9,11H2,2H3. The summed E-state index contributed by atoms with van der Waals surface area (Å²) in [6.45, 7) is 6.72. The van der Waals surface area contributed by atoms with E-state index in [4.69, 9.17) is 27.9 Å². The van der Waals surface area contributed by atoms with Crippen molar-refractivity contribution < 1.29 is 4.74 Å². The molecule has 4 heteroatoms. The molecule has 0 spiro atoms. The zero-order valence-corrected chi connectivity index (χ0v) is 13.3. The van der Waals surface area contributed by atoms with E-state index < -0.39 is 0 Å². The first-order chi connectivity index (χ1) is 10.1. The molecule has 2 aromatic carbocycles. The van der Waals surface area contributed by atoms with Gasteiger partial charge in [-0.05, 0) is 42.3 Å². The maximum Gasteiger partial charge on any atom is 0.138 e. The van der Waals surface area contributed by atoms with Gasteiger partial charge in [0.25, 0.3) is 0 Å². The van der Waals surface area contributed by atoms with E-state index in [2.05, 4.69) is 11.9 Å². The molecule has 110 valence electrons. The molecular weight excluding hydrogens is 305 g/mol. The maximum atomic E-state index is 6.20. The number of hydrogen-bond donors (Lipinski definition) is 1. The Labute approximate surface area is 135 Å². The van der Waals surface area contributed by atoms with Crippen LogP contribution >= 0.6 is 23.2 Å². The summed E-state index contributed by atoms with van der Waals surface area (Å²) in [6.07, 6.45) is 1.69. The van der Waals surface area contributed by atoms with Crippen LogP contribution in [0.1, 0.15) is 11.1 Å². The van der Waals surface area contributed by atoms with Crippen LogP contribution in [0.15, 0.2) is 49.1 Å². The summed E-state index contributed by atoms with van der Waals surface area (Å²) in [5.41, 5.74) is 3.13. The molecule has 21 heavy (non-hydrogen) atoms. The fourth-order valence-corrected chi connectivity index (χ4v) is 2.35. The van der Waals surface area contributed by atoms with E-state index in [-0.39, 0.29) is 0 Å². The minimum Gasteiger partial charge on any atom is -0.488 e. The fraction of sp³-hybridized carbons (Fsp3) is 0.176. The molecule has 0 radical (unpaired) electrons. The number of nitrogens with one attached hydrogen (secondary N) is 1. The molecule has 0 amide bonds. The first kappa shape index (κ1) is 15.7. The molecular formula is C17H17Cl2NO. The predicted molar refractivity (Wildman–Crippen MR) is 90.7 cm³/mol. The Bertz CT molecular complexity index is 641. The van der Waals surface area contributed by atoms with Crippen molar-refractivity contribution in [3.05, 3.63) is 70.2 Å². The lowest BCUT2D eigenvalue weighted by Gasteiger charge is -2.12. The first-order valence-corrected chi connectivity index (χ1v) is 7.38. The van der Waals surface area contributed by atoms with Gasteiger partial charge in [-0.3, -0.25) is 0 Å². The van der Waals surface area contributed by atoms with E-state index in [1.807, 2.05) is 43.3 Å². The maximum absolute atomic E-state index is 6.20. The van der Waals surface area contributed by atoms with Crippen LogP contribution in [0, 0.1) is 6.92 Å². The third kappa shape index (κ3) is 4.16. The zero-order valence-electron chi connectivity index (χ0n) is 11.8. The number of halogens is 2. The summed E-state index contributed by atoms with van der Waals surface area (Å²) in [4.78, 5) is 0. The molecule has 0 heterocycles. The van der Waals surface area contributed by atoms with Gasteiger partial charge in [-0.1, -0.05) is 48.0 Å². The smallest absolute Gasteiger partial charge is 0.138 e. The van der Waals surface area contributed by atoms with Crippen molar-refractivity contribution in [1.82, 2.24) is 0 Å². The zero-order chi connectivity index (χ0) is 15.2. The Hall–Kier alpha value is -1.64. The minimum atomic E-state index is 0.443. The number of benzene rings is 2. The SMILES string of the molecule is C=CCOc1ccc(CNc2cccc(Cl)c2C)cc1Cl. The minimum absolute atomic E-state index is 0.443. The van der Waals surface area contributed by atoms with Gasteiger partial charge in [0, 0.05) is 17.3 Å². The molecule has 0 aliphatic rings. The van der Waals surface area contributed by atoms with E-state index in [0.29, 0.717) is 23.9 Å². The highest BCUT2D eigenvalue weighted by Crippen LogP contribution is 2.27. The molecule has 0 saturated carbocycles. The van der Waals surface area contributed by atoms with Crippen molar-refractivity contribution in [2.45, 2.75) is 13.5 Å². The quantitative estimate of drug-likeness (QED) is 0.711. The lowest BCUT2D eigenvalue weighted by Crippen LogP contribution is -2.02. The van der Waals surface area contributed by atoms with Crippen molar-refractivity contribution in [3.63, 3.8) is 0 Å². The normalized spacial score (nSPS) is 10.2. The van der Waals surface area contributed by atoms with Crippen molar-refractivity contribution in [2.24, 2.45) is 0 Å². The third-order valence-electron chi connectivity index (χ3n) is 3.10. The average Bonchev–Trinajstić information content (AvgIpc) is 2.48. The summed E-state index contributed by atoms with van der Waals surface area (Å²) in [5, 5.41) is 4.71. The molecule has 2 nitrogen and oxygen atoms in total. The van der Waals surface area contributed by atoms with Crippen LogP contribution in [0.4, 0.5) is 5.69 Å². The van der Waals surface area contributed by atoms with Crippen LogP contribution in [0.2, 0.25) is 10.0 Å². The van der Waals surface area contributed by atoms with Gasteiger partial charge in [-0.25, -0.2) is 0 Å². The van der Waals surface area contributed by atoms with Gasteiger partial charge in [-0.2, -0.15) is 0 Å². The molecule has 0 saturated heterocycles. The average molecular weight is 322 g/mol. The second kappa shape index (κ2) is 7.39. The Kier molecular flexibility index (Phi) is 5.54. The Morgan fingerprint density at radius 1 is 1.19 bits per heavy atom. The Morgan fingerprint density at radius 3 is 2.71 bits per heavy atom. The summed E-state index contributed by atoms with van der Waals surface area (Å²) < 4.78 is 5.45. The second-order valence-corrected chi connectivity index (χ2v) is 5.44. The summed E-state index contributed by atoms with van der Waals surface area (Å²) >= 11 is 12.3. The lowest BCUT2D eigenvalue weighted by atomic mass is 10.1. The van der Waals surface area contributed by atoms with E-state index in [0.717, 1.165) is 21.8 Å². The summed E-state index contributed by atoms with van der Waals surface area (Å²) in [6, 6.07) is 11.6. The number of rotatable bonds is 6. The topological polar surface area (TPSA) is 21.3 Å². The number of hydrogen-bond acceptors (Lipinski definition) is 2. The molecule has 0 bridgehead atoms. The summed E-state index contributed by atoms with van der Waals surface area (Å²) in [5.74, 6) is 0.666. The predicted octanol–water partition coefficient (Wildman–Crippen LogP) is 5.48.